The number of benzene rings is 1. The third kappa shape index (κ3) is 4.48. The summed E-state index contributed by atoms with van der Waals surface area (Å²) in [7, 11) is -3.85. The summed E-state index contributed by atoms with van der Waals surface area (Å²) >= 11 is 1.29. The second-order valence-electron chi connectivity index (χ2n) is 8.89. The number of piperazine rings is 1. The number of aromatic amines is 1. The van der Waals surface area contributed by atoms with Gasteiger partial charge in [-0.3, -0.25) is 4.79 Å². The van der Waals surface area contributed by atoms with Gasteiger partial charge in [0, 0.05) is 60.0 Å². The molecule has 11 heteroatoms. The first kappa shape index (κ1) is 24.0. The van der Waals surface area contributed by atoms with E-state index in [9.17, 15) is 23.4 Å². The molecule has 1 aromatic carbocycles. The lowest BCUT2D eigenvalue weighted by molar-refractivity contribution is 0.0519. The van der Waals surface area contributed by atoms with Crippen molar-refractivity contribution in [1.29, 1.82) is 0 Å². The number of aliphatic hydroxyl groups excluding tert-OH is 2. The molecule has 35 heavy (non-hydrogen) atoms. The van der Waals surface area contributed by atoms with Gasteiger partial charge < -0.3 is 20.1 Å². The number of rotatable bonds is 5. The van der Waals surface area contributed by atoms with Crippen molar-refractivity contribution in [2.75, 3.05) is 26.2 Å². The molecule has 5 rings (SSSR count). The molecule has 3 N–H and O–H groups in total. The standard InChI is InChI=1S/C24H26N4O5S2/c1-2-15-3-5-19-16(11-15)12-22(25-19)35(32,33)27-8-9-28(17(14-27)7-10-29)24(31)23-26-20-6-4-18(30)13-21(20)34-23/h1,3,5,11-12,17-18,25,29-30H,4,6-10,13-14H2. The molecule has 2 atom stereocenters. The second kappa shape index (κ2) is 9.37. The van der Waals surface area contributed by atoms with Gasteiger partial charge in [0.05, 0.1) is 11.8 Å². The zero-order valence-corrected chi connectivity index (χ0v) is 20.6. The molecule has 0 bridgehead atoms. The fourth-order valence-electron chi connectivity index (χ4n) is 4.75. The molecule has 3 heterocycles. The molecule has 1 fully saturated rings. The molecule has 0 saturated carbocycles. The number of aromatic nitrogens is 2. The van der Waals surface area contributed by atoms with Gasteiger partial charge in [0.2, 0.25) is 0 Å². The van der Waals surface area contributed by atoms with Gasteiger partial charge in [0.15, 0.2) is 5.01 Å². The maximum Gasteiger partial charge on any atom is 0.283 e. The highest BCUT2D eigenvalue weighted by Crippen LogP contribution is 2.30. The van der Waals surface area contributed by atoms with Gasteiger partial charge in [-0.05, 0) is 43.5 Å². The first-order chi connectivity index (χ1) is 16.8. The number of thiazole rings is 1. The quantitative estimate of drug-likeness (QED) is 0.441. The number of carbonyl (C=O) groups excluding carboxylic acids is 1. The van der Waals surface area contributed by atoms with Crippen LogP contribution in [0.1, 0.15) is 38.8 Å². The number of fused-ring (bicyclic) bond motifs is 2. The Kier molecular flexibility index (Phi) is 6.41. The largest absolute Gasteiger partial charge is 0.396 e. The van der Waals surface area contributed by atoms with E-state index in [1.807, 2.05) is 0 Å². The van der Waals surface area contributed by atoms with Crippen LogP contribution in [0.15, 0.2) is 29.3 Å². The zero-order chi connectivity index (χ0) is 24.7. The molecule has 1 amide bonds. The topological polar surface area (TPSA) is 127 Å². The summed E-state index contributed by atoms with van der Waals surface area (Å²) < 4.78 is 28.2. The van der Waals surface area contributed by atoms with Crippen LogP contribution >= 0.6 is 11.3 Å². The van der Waals surface area contributed by atoms with Crippen molar-refractivity contribution in [2.24, 2.45) is 0 Å². The number of terminal acetylenes is 1. The summed E-state index contributed by atoms with van der Waals surface area (Å²) in [6.07, 6.45) is 7.06. The van der Waals surface area contributed by atoms with Gasteiger partial charge in [0.1, 0.15) is 5.03 Å². The zero-order valence-electron chi connectivity index (χ0n) is 19.0. The Bertz CT molecular complexity index is 1420. The minimum absolute atomic E-state index is 0.0651. The lowest BCUT2D eigenvalue weighted by Gasteiger charge is -2.40. The van der Waals surface area contributed by atoms with Crippen LogP contribution in [0, 0.1) is 12.3 Å². The Hall–Kier alpha value is -2.75. The highest BCUT2D eigenvalue weighted by molar-refractivity contribution is 7.89. The second-order valence-corrected chi connectivity index (χ2v) is 11.9. The summed E-state index contributed by atoms with van der Waals surface area (Å²) in [5.41, 5.74) is 2.19. The van der Waals surface area contributed by atoms with E-state index < -0.39 is 22.2 Å². The lowest BCUT2D eigenvalue weighted by atomic mass is 10.0. The number of nitrogens with zero attached hydrogens (tertiary/aromatic N) is 3. The molecule has 1 saturated heterocycles. The van der Waals surface area contributed by atoms with Crippen molar-refractivity contribution in [3.8, 4) is 12.3 Å². The summed E-state index contributed by atoms with van der Waals surface area (Å²) in [6.45, 7) is 0.218. The van der Waals surface area contributed by atoms with E-state index in [0.717, 1.165) is 10.6 Å². The Balaban J connectivity index is 1.37. The van der Waals surface area contributed by atoms with Gasteiger partial charge in [-0.1, -0.05) is 5.92 Å². The number of hydrogen-bond donors (Lipinski definition) is 3. The van der Waals surface area contributed by atoms with Gasteiger partial charge in [-0.15, -0.1) is 17.8 Å². The molecule has 3 aromatic rings. The fourth-order valence-corrected chi connectivity index (χ4v) is 7.37. The third-order valence-corrected chi connectivity index (χ3v) is 9.54. The molecule has 9 nitrogen and oxygen atoms in total. The van der Waals surface area contributed by atoms with E-state index in [0.29, 0.717) is 40.7 Å². The van der Waals surface area contributed by atoms with Crippen molar-refractivity contribution in [3.05, 3.63) is 45.4 Å². The van der Waals surface area contributed by atoms with E-state index in [4.69, 9.17) is 6.42 Å². The minimum atomic E-state index is -3.85. The van der Waals surface area contributed by atoms with Crippen LogP contribution in [0.4, 0.5) is 0 Å². The summed E-state index contributed by atoms with van der Waals surface area (Å²) in [6, 6.07) is 6.33. The van der Waals surface area contributed by atoms with E-state index in [1.165, 1.54) is 15.6 Å². The van der Waals surface area contributed by atoms with Crippen molar-refractivity contribution in [2.45, 2.75) is 42.9 Å². The summed E-state index contributed by atoms with van der Waals surface area (Å²) in [5.74, 6) is 2.28. The van der Waals surface area contributed by atoms with Crippen LogP contribution < -0.4 is 0 Å². The highest BCUT2D eigenvalue weighted by Gasteiger charge is 2.38. The molecule has 1 aliphatic heterocycles. The maximum atomic E-state index is 13.4. The van der Waals surface area contributed by atoms with Gasteiger partial charge in [-0.25, -0.2) is 13.4 Å². The number of nitrogens with one attached hydrogen (secondary N) is 1. The van der Waals surface area contributed by atoms with E-state index >= 15 is 0 Å². The number of aliphatic hydroxyl groups is 2. The molecule has 2 aliphatic rings. The molecular weight excluding hydrogens is 488 g/mol. The monoisotopic (exact) mass is 514 g/mol. The average Bonchev–Trinajstić information content (AvgIpc) is 3.47. The van der Waals surface area contributed by atoms with E-state index in [1.54, 1.807) is 29.2 Å². The Morgan fingerprint density at radius 1 is 1.31 bits per heavy atom. The average molecular weight is 515 g/mol. The summed E-state index contributed by atoms with van der Waals surface area (Å²) in [4.78, 5) is 23.4. The molecule has 2 unspecified atom stereocenters. The molecule has 1 aliphatic carbocycles. The van der Waals surface area contributed by atoms with Crippen LogP contribution in [0.3, 0.4) is 0 Å². The van der Waals surface area contributed by atoms with Crippen LogP contribution in [0.5, 0.6) is 0 Å². The van der Waals surface area contributed by atoms with Crippen molar-refractivity contribution in [1.82, 2.24) is 19.2 Å². The fraction of sp³-hybridized carbons (Fsp3) is 0.417. The van der Waals surface area contributed by atoms with E-state index in [-0.39, 0.29) is 43.6 Å². The Labute approximate surface area is 207 Å². The van der Waals surface area contributed by atoms with Crippen LogP contribution in [0.2, 0.25) is 0 Å². The van der Waals surface area contributed by atoms with Gasteiger partial charge in [0.25, 0.3) is 15.9 Å². The van der Waals surface area contributed by atoms with Crippen LogP contribution in [-0.4, -0.2) is 82.1 Å². The van der Waals surface area contributed by atoms with Gasteiger partial charge in [-0.2, -0.15) is 4.31 Å². The smallest absolute Gasteiger partial charge is 0.283 e. The maximum absolute atomic E-state index is 13.4. The predicted octanol–water partition coefficient (Wildman–Crippen LogP) is 1.35. The number of aryl methyl sites for hydroxylation is 1. The molecular formula is C24H26N4O5S2. The van der Waals surface area contributed by atoms with Gasteiger partial charge >= 0.3 is 0 Å². The predicted molar refractivity (Wildman–Crippen MR) is 132 cm³/mol. The lowest BCUT2D eigenvalue weighted by Crippen LogP contribution is -2.56. The number of amides is 1. The SMILES string of the molecule is C#Cc1ccc2[nH]c(S(=O)(=O)N3CCN(C(=O)c4nc5c(s4)CC(O)CC5)C(CCO)C3)cc2c1. The van der Waals surface area contributed by atoms with Crippen LogP contribution in [-0.2, 0) is 22.9 Å². The molecule has 0 spiro atoms. The molecule has 2 aromatic heterocycles. The molecule has 184 valence electrons. The van der Waals surface area contributed by atoms with Crippen molar-refractivity contribution >= 4 is 38.2 Å². The van der Waals surface area contributed by atoms with Crippen molar-refractivity contribution < 1.29 is 23.4 Å². The molecule has 0 radical (unpaired) electrons. The van der Waals surface area contributed by atoms with Crippen LogP contribution in [0.25, 0.3) is 10.9 Å². The normalized spacial score (nSPS) is 21.1. The number of sulfonamides is 1. The minimum Gasteiger partial charge on any atom is -0.396 e. The first-order valence-corrected chi connectivity index (χ1v) is 13.7. The highest BCUT2D eigenvalue weighted by atomic mass is 32.2. The van der Waals surface area contributed by atoms with Crippen molar-refractivity contribution in [3.63, 3.8) is 0 Å². The number of H-pyrrole nitrogens is 1. The number of hydrogen-bond acceptors (Lipinski definition) is 7. The Morgan fingerprint density at radius 2 is 2.14 bits per heavy atom. The Morgan fingerprint density at radius 3 is 2.91 bits per heavy atom. The summed E-state index contributed by atoms with van der Waals surface area (Å²) in [5, 5.41) is 20.7. The van der Waals surface area contributed by atoms with E-state index in [2.05, 4.69) is 15.9 Å². The first-order valence-electron chi connectivity index (χ1n) is 11.5. The number of carbonyl (C=O) groups is 1. The third-order valence-electron chi connectivity index (χ3n) is 6.65.